The van der Waals surface area contributed by atoms with Crippen LogP contribution in [-0.2, 0) is 9.59 Å². The highest BCUT2D eigenvalue weighted by Gasteiger charge is 2.31. The number of carboxylic acids is 1. The number of carboxylic acid groups (broad SMARTS) is 1. The SMILES string of the molecule is CC=CCC(O)/C=C\[C@@H]1CCC(=O)[C@H]1C/C=C\CCCCC(=O)O. The third-order valence-corrected chi connectivity index (χ3v) is 4.42. The van der Waals surface area contributed by atoms with Crippen LogP contribution in [0.2, 0.25) is 0 Å². The zero-order valence-corrected chi connectivity index (χ0v) is 14.6. The van der Waals surface area contributed by atoms with Crippen LogP contribution < -0.4 is 0 Å². The largest absolute Gasteiger partial charge is 0.481 e. The summed E-state index contributed by atoms with van der Waals surface area (Å²) in [5.74, 6) is -0.204. The Balaban J connectivity index is 2.36. The van der Waals surface area contributed by atoms with Gasteiger partial charge in [-0.1, -0.05) is 36.5 Å². The van der Waals surface area contributed by atoms with E-state index >= 15 is 0 Å². The van der Waals surface area contributed by atoms with E-state index in [0.29, 0.717) is 25.0 Å². The lowest BCUT2D eigenvalue weighted by Crippen LogP contribution is -2.13. The summed E-state index contributed by atoms with van der Waals surface area (Å²) in [5.41, 5.74) is 0. The molecule has 0 radical (unpaired) electrons. The molecule has 0 heterocycles. The Hall–Kier alpha value is -1.68. The molecule has 2 N–H and O–H groups in total. The number of carbonyl (C=O) groups excluding carboxylic acids is 1. The Morgan fingerprint density at radius 3 is 2.79 bits per heavy atom. The quantitative estimate of drug-likeness (QED) is 0.441. The number of hydrogen-bond donors (Lipinski definition) is 2. The summed E-state index contributed by atoms with van der Waals surface area (Å²) in [7, 11) is 0. The average Bonchev–Trinajstić information content (AvgIpc) is 2.90. The second-order valence-electron chi connectivity index (χ2n) is 6.38. The van der Waals surface area contributed by atoms with Gasteiger partial charge in [-0.25, -0.2) is 0 Å². The van der Waals surface area contributed by atoms with Crippen molar-refractivity contribution in [1.82, 2.24) is 0 Å². The van der Waals surface area contributed by atoms with Crippen molar-refractivity contribution in [1.29, 1.82) is 0 Å². The van der Waals surface area contributed by atoms with Gasteiger partial charge in [-0.15, -0.1) is 0 Å². The summed E-state index contributed by atoms with van der Waals surface area (Å²) in [6, 6.07) is 0. The number of unbranched alkanes of at least 4 members (excludes halogenated alkanes) is 2. The monoisotopic (exact) mass is 334 g/mol. The molecule has 1 aliphatic carbocycles. The highest BCUT2D eigenvalue weighted by Crippen LogP contribution is 2.32. The van der Waals surface area contributed by atoms with Crippen LogP contribution in [0.1, 0.15) is 58.3 Å². The van der Waals surface area contributed by atoms with E-state index in [9.17, 15) is 14.7 Å². The van der Waals surface area contributed by atoms with E-state index in [1.54, 1.807) is 0 Å². The fraction of sp³-hybridized carbons (Fsp3) is 0.600. The molecule has 1 unspecified atom stereocenters. The smallest absolute Gasteiger partial charge is 0.303 e. The first kappa shape index (κ1) is 20.4. The zero-order chi connectivity index (χ0) is 17.8. The van der Waals surface area contributed by atoms with Gasteiger partial charge in [0, 0.05) is 18.8 Å². The average molecular weight is 334 g/mol. The topological polar surface area (TPSA) is 74.6 Å². The molecular formula is C20H30O4. The van der Waals surface area contributed by atoms with Crippen LogP contribution >= 0.6 is 0 Å². The van der Waals surface area contributed by atoms with Gasteiger partial charge in [0.1, 0.15) is 5.78 Å². The Kier molecular flexibility index (Phi) is 10.0. The maximum Gasteiger partial charge on any atom is 0.303 e. The molecule has 0 amide bonds. The number of Topliss-reactive ketones (excluding diaryl/α,β-unsaturated/α-hetero) is 1. The number of rotatable bonds is 11. The molecule has 0 aromatic carbocycles. The van der Waals surface area contributed by atoms with Crippen molar-refractivity contribution in [2.75, 3.05) is 0 Å². The van der Waals surface area contributed by atoms with Crippen LogP contribution in [0.5, 0.6) is 0 Å². The van der Waals surface area contributed by atoms with Gasteiger partial charge >= 0.3 is 5.97 Å². The van der Waals surface area contributed by atoms with Crippen molar-refractivity contribution in [3.05, 3.63) is 36.5 Å². The molecule has 1 rings (SSSR count). The molecule has 0 aromatic heterocycles. The molecule has 0 aromatic rings. The minimum atomic E-state index is -0.748. The van der Waals surface area contributed by atoms with Crippen LogP contribution in [-0.4, -0.2) is 28.1 Å². The standard InChI is InChI=1S/C20H30O4/c1-2-3-9-17(21)14-12-16-13-15-19(22)18(16)10-7-5-4-6-8-11-20(23)24/h2-3,5,7,12,14,16-18,21H,4,6,8-11,13,15H2,1H3,(H,23,24)/b3-2?,7-5-,14-12-/t16-,17?,18+/m1/s1. The minimum absolute atomic E-state index is 0.0189. The number of allylic oxidation sites excluding steroid dienone is 4. The van der Waals surface area contributed by atoms with E-state index in [1.165, 1.54) is 0 Å². The predicted octanol–water partition coefficient (Wildman–Crippen LogP) is 4.06. The van der Waals surface area contributed by atoms with Crippen LogP contribution in [0.15, 0.2) is 36.5 Å². The van der Waals surface area contributed by atoms with E-state index < -0.39 is 12.1 Å². The first-order valence-corrected chi connectivity index (χ1v) is 8.91. The number of ketones is 1. The number of aliphatic hydroxyl groups excluding tert-OH is 1. The number of aliphatic carboxylic acids is 1. The summed E-state index contributed by atoms with van der Waals surface area (Å²) in [6.07, 6.45) is 16.7. The van der Waals surface area contributed by atoms with Gasteiger partial charge in [-0.3, -0.25) is 9.59 Å². The van der Waals surface area contributed by atoms with Crippen LogP contribution in [0, 0.1) is 11.8 Å². The summed E-state index contributed by atoms with van der Waals surface area (Å²) in [5, 5.41) is 18.4. The molecule has 0 saturated heterocycles. The predicted molar refractivity (Wildman–Crippen MR) is 95.7 cm³/mol. The highest BCUT2D eigenvalue weighted by atomic mass is 16.4. The number of aliphatic hydroxyl groups is 1. The third kappa shape index (κ3) is 8.25. The lowest BCUT2D eigenvalue weighted by Gasteiger charge is -2.13. The van der Waals surface area contributed by atoms with E-state index in [4.69, 9.17) is 5.11 Å². The maximum absolute atomic E-state index is 12.0. The molecule has 4 nitrogen and oxygen atoms in total. The van der Waals surface area contributed by atoms with Crippen LogP contribution in [0.4, 0.5) is 0 Å². The van der Waals surface area contributed by atoms with E-state index in [0.717, 1.165) is 25.7 Å². The molecular weight excluding hydrogens is 304 g/mol. The Morgan fingerprint density at radius 1 is 1.29 bits per heavy atom. The third-order valence-electron chi connectivity index (χ3n) is 4.42. The van der Waals surface area contributed by atoms with Gasteiger partial charge in [-0.05, 0) is 51.4 Å². The van der Waals surface area contributed by atoms with Crippen LogP contribution in [0.3, 0.4) is 0 Å². The maximum atomic E-state index is 12.0. The van der Waals surface area contributed by atoms with Gasteiger partial charge in [0.25, 0.3) is 0 Å². The minimum Gasteiger partial charge on any atom is -0.481 e. The van der Waals surface area contributed by atoms with E-state index in [1.807, 2.05) is 37.3 Å². The first-order valence-electron chi connectivity index (χ1n) is 8.91. The molecule has 1 saturated carbocycles. The van der Waals surface area contributed by atoms with E-state index in [2.05, 4.69) is 6.08 Å². The zero-order valence-electron chi connectivity index (χ0n) is 14.6. The normalized spacial score (nSPS) is 23.0. The lowest BCUT2D eigenvalue weighted by atomic mass is 9.91. The Bertz CT molecular complexity index is 476. The van der Waals surface area contributed by atoms with Crippen molar-refractivity contribution in [2.24, 2.45) is 11.8 Å². The number of hydrogen-bond acceptors (Lipinski definition) is 3. The van der Waals surface area contributed by atoms with Gasteiger partial charge in [-0.2, -0.15) is 0 Å². The summed E-state index contributed by atoms with van der Waals surface area (Å²) >= 11 is 0. The fourth-order valence-electron chi connectivity index (χ4n) is 3.00. The second kappa shape index (κ2) is 11.8. The van der Waals surface area contributed by atoms with Gasteiger partial charge in [0.15, 0.2) is 0 Å². The first-order chi connectivity index (χ1) is 11.5. The molecule has 0 spiro atoms. The van der Waals surface area contributed by atoms with Gasteiger partial charge < -0.3 is 10.2 Å². The Labute approximate surface area is 145 Å². The van der Waals surface area contributed by atoms with Gasteiger partial charge in [0.2, 0.25) is 0 Å². The summed E-state index contributed by atoms with van der Waals surface area (Å²) < 4.78 is 0. The van der Waals surface area contributed by atoms with Crippen molar-refractivity contribution in [3.63, 3.8) is 0 Å². The molecule has 0 aliphatic heterocycles. The Morgan fingerprint density at radius 2 is 2.08 bits per heavy atom. The number of carbonyl (C=O) groups is 2. The fourth-order valence-corrected chi connectivity index (χ4v) is 3.00. The molecule has 3 atom stereocenters. The van der Waals surface area contributed by atoms with Crippen molar-refractivity contribution in [3.8, 4) is 0 Å². The van der Waals surface area contributed by atoms with Crippen molar-refractivity contribution >= 4 is 11.8 Å². The second-order valence-corrected chi connectivity index (χ2v) is 6.38. The molecule has 4 heteroatoms. The van der Waals surface area contributed by atoms with Crippen molar-refractivity contribution in [2.45, 2.75) is 64.4 Å². The summed E-state index contributed by atoms with van der Waals surface area (Å²) in [6.45, 7) is 1.93. The van der Waals surface area contributed by atoms with Gasteiger partial charge in [0.05, 0.1) is 6.10 Å². The highest BCUT2D eigenvalue weighted by molar-refractivity contribution is 5.83. The molecule has 0 bridgehead atoms. The molecule has 134 valence electrons. The van der Waals surface area contributed by atoms with E-state index in [-0.39, 0.29) is 18.3 Å². The van der Waals surface area contributed by atoms with Crippen LogP contribution in [0.25, 0.3) is 0 Å². The molecule has 24 heavy (non-hydrogen) atoms. The lowest BCUT2D eigenvalue weighted by molar-refractivity contribution is -0.137. The molecule has 1 fully saturated rings. The van der Waals surface area contributed by atoms with Crippen molar-refractivity contribution < 1.29 is 19.8 Å². The summed E-state index contributed by atoms with van der Waals surface area (Å²) in [4.78, 5) is 22.5. The molecule has 1 aliphatic rings.